The van der Waals surface area contributed by atoms with E-state index in [4.69, 9.17) is 0 Å². The molecule has 0 aromatic heterocycles. The van der Waals surface area contributed by atoms with E-state index in [1.807, 2.05) is 24.3 Å². The lowest BCUT2D eigenvalue weighted by Crippen LogP contribution is -2.30. The summed E-state index contributed by atoms with van der Waals surface area (Å²) >= 11 is 0. The first-order valence-corrected chi connectivity index (χ1v) is 11.1. The lowest BCUT2D eigenvalue weighted by molar-refractivity contribution is 0.102. The van der Waals surface area contributed by atoms with E-state index >= 15 is 0 Å². The minimum absolute atomic E-state index is 0.0781. The topological polar surface area (TPSA) is 78.5 Å². The van der Waals surface area contributed by atoms with Crippen molar-refractivity contribution in [3.05, 3.63) is 54.1 Å². The monoisotopic (exact) mass is 401 g/mol. The summed E-state index contributed by atoms with van der Waals surface area (Å²) in [5.41, 5.74) is 2.14. The highest BCUT2D eigenvalue weighted by atomic mass is 32.2. The van der Waals surface area contributed by atoms with Crippen LogP contribution in [0.1, 0.15) is 43.5 Å². The Labute approximate surface area is 167 Å². The Balaban J connectivity index is 1.70. The molecular weight excluding hydrogens is 374 g/mol. The molecule has 0 radical (unpaired) electrons. The molecule has 3 rings (SSSR count). The molecule has 0 saturated carbocycles. The predicted octanol–water partition coefficient (Wildman–Crippen LogP) is 3.62. The number of piperidine rings is 1. The van der Waals surface area contributed by atoms with E-state index in [2.05, 4.69) is 14.9 Å². The van der Waals surface area contributed by atoms with Crippen LogP contribution >= 0.6 is 0 Å². The number of benzene rings is 2. The van der Waals surface area contributed by atoms with Gasteiger partial charge in [-0.1, -0.05) is 6.07 Å². The van der Waals surface area contributed by atoms with Crippen LogP contribution in [0.4, 0.5) is 11.4 Å². The molecule has 0 spiro atoms. The highest BCUT2D eigenvalue weighted by Crippen LogP contribution is 2.22. The minimum atomic E-state index is -3.64. The SMILES string of the molecule is CC(C)NS(=O)(=O)c1cccc(C(=O)Nc2ccc(N3CCCCC3)cc2)c1. The van der Waals surface area contributed by atoms with Gasteiger partial charge in [0.25, 0.3) is 5.91 Å². The zero-order valence-electron chi connectivity index (χ0n) is 16.3. The van der Waals surface area contributed by atoms with Crippen LogP contribution in [0, 0.1) is 0 Å². The molecule has 1 aliphatic rings. The number of carbonyl (C=O) groups is 1. The maximum atomic E-state index is 12.6. The Kier molecular flexibility index (Phi) is 6.36. The van der Waals surface area contributed by atoms with Crippen molar-refractivity contribution in [2.45, 2.75) is 44.0 Å². The highest BCUT2D eigenvalue weighted by molar-refractivity contribution is 7.89. The zero-order valence-corrected chi connectivity index (χ0v) is 17.1. The van der Waals surface area contributed by atoms with Crippen LogP contribution in [0.15, 0.2) is 53.4 Å². The highest BCUT2D eigenvalue weighted by Gasteiger charge is 2.17. The van der Waals surface area contributed by atoms with E-state index in [0.717, 1.165) is 18.8 Å². The van der Waals surface area contributed by atoms with Gasteiger partial charge in [0.15, 0.2) is 0 Å². The smallest absolute Gasteiger partial charge is 0.255 e. The second-order valence-corrected chi connectivity index (χ2v) is 9.07. The van der Waals surface area contributed by atoms with Crippen molar-refractivity contribution < 1.29 is 13.2 Å². The Morgan fingerprint density at radius 3 is 2.32 bits per heavy atom. The van der Waals surface area contributed by atoms with Gasteiger partial charge >= 0.3 is 0 Å². The number of rotatable bonds is 6. The number of carbonyl (C=O) groups excluding carboxylic acids is 1. The normalized spacial score (nSPS) is 14.9. The summed E-state index contributed by atoms with van der Waals surface area (Å²) in [4.78, 5) is 15.0. The predicted molar refractivity (Wildman–Crippen MR) is 112 cm³/mol. The molecule has 28 heavy (non-hydrogen) atoms. The lowest BCUT2D eigenvalue weighted by Gasteiger charge is -2.28. The van der Waals surface area contributed by atoms with Gasteiger partial charge in [-0.05, 0) is 75.6 Å². The van der Waals surface area contributed by atoms with Gasteiger partial charge in [-0.2, -0.15) is 0 Å². The van der Waals surface area contributed by atoms with Gasteiger partial charge < -0.3 is 10.2 Å². The van der Waals surface area contributed by atoms with Crippen LogP contribution in [0.2, 0.25) is 0 Å². The van der Waals surface area contributed by atoms with Gasteiger partial charge in [0, 0.05) is 36.1 Å². The first-order valence-electron chi connectivity index (χ1n) is 9.64. The Morgan fingerprint density at radius 2 is 1.68 bits per heavy atom. The van der Waals surface area contributed by atoms with Gasteiger partial charge in [-0.25, -0.2) is 13.1 Å². The van der Waals surface area contributed by atoms with Crippen LogP contribution in [0.5, 0.6) is 0 Å². The number of nitrogens with zero attached hydrogens (tertiary/aromatic N) is 1. The minimum Gasteiger partial charge on any atom is -0.372 e. The third-order valence-electron chi connectivity index (χ3n) is 4.64. The number of hydrogen-bond acceptors (Lipinski definition) is 4. The fourth-order valence-corrected chi connectivity index (χ4v) is 4.59. The largest absolute Gasteiger partial charge is 0.372 e. The second-order valence-electron chi connectivity index (χ2n) is 7.35. The van der Waals surface area contributed by atoms with Crippen molar-refractivity contribution in [3.63, 3.8) is 0 Å². The van der Waals surface area contributed by atoms with Crippen molar-refractivity contribution in [1.29, 1.82) is 0 Å². The van der Waals surface area contributed by atoms with Gasteiger partial charge in [0.1, 0.15) is 0 Å². The molecule has 0 bridgehead atoms. The van der Waals surface area contributed by atoms with Crippen molar-refractivity contribution in [2.75, 3.05) is 23.3 Å². The number of hydrogen-bond donors (Lipinski definition) is 2. The fraction of sp³-hybridized carbons (Fsp3) is 0.381. The van der Waals surface area contributed by atoms with E-state index in [1.165, 1.54) is 31.4 Å². The molecule has 1 aliphatic heterocycles. The van der Waals surface area contributed by atoms with Crippen LogP contribution in [0.25, 0.3) is 0 Å². The van der Waals surface area contributed by atoms with Crippen molar-refractivity contribution in [3.8, 4) is 0 Å². The summed E-state index contributed by atoms with van der Waals surface area (Å²) in [7, 11) is -3.64. The third-order valence-corrected chi connectivity index (χ3v) is 6.30. The molecular formula is C21H27N3O3S. The second kappa shape index (κ2) is 8.75. The standard InChI is InChI=1S/C21H27N3O3S/c1-16(2)23-28(26,27)20-8-6-7-17(15-20)21(25)22-18-9-11-19(12-10-18)24-13-4-3-5-14-24/h6-12,15-16,23H,3-5,13-14H2,1-2H3,(H,22,25). The molecule has 1 amide bonds. The average molecular weight is 402 g/mol. The van der Waals surface area contributed by atoms with Crippen LogP contribution in [-0.2, 0) is 10.0 Å². The van der Waals surface area contributed by atoms with E-state index in [1.54, 1.807) is 26.0 Å². The van der Waals surface area contributed by atoms with Crippen molar-refractivity contribution >= 4 is 27.3 Å². The molecule has 1 saturated heterocycles. The first-order chi connectivity index (χ1) is 13.3. The molecule has 1 fully saturated rings. The number of amides is 1. The quantitative estimate of drug-likeness (QED) is 0.775. The molecule has 2 aromatic rings. The summed E-state index contributed by atoms with van der Waals surface area (Å²) in [6.45, 7) is 5.64. The van der Waals surface area contributed by atoms with Crippen LogP contribution in [-0.4, -0.2) is 33.5 Å². The molecule has 2 N–H and O–H groups in total. The number of nitrogens with one attached hydrogen (secondary N) is 2. The fourth-order valence-electron chi connectivity index (χ4n) is 3.29. The van der Waals surface area contributed by atoms with Gasteiger partial charge in [-0.15, -0.1) is 0 Å². The Hall–Kier alpha value is -2.38. The molecule has 0 unspecified atom stereocenters. The van der Waals surface area contributed by atoms with Gasteiger partial charge in [0.2, 0.25) is 10.0 Å². The molecule has 6 nitrogen and oxygen atoms in total. The number of sulfonamides is 1. The Morgan fingerprint density at radius 1 is 1.00 bits per heavy atom. The van der Waals surface area contributed by atoms with E-state index in [9.17, 15) is 13.2 Å². The molecule has 0 aliphatic carbocycles. The van der Waals surface area contributed by atoms with Crippen LogP contribution in [0.3, 0.4) is 0 Å². The van der Waals surface area contributed by atoms with Gasteiger partial charge in [-0.3, -0.25) is 4.79 Å². The summed E-state index contributed by atoms with van der Waals surface area (Å²) in [5, 5.41) is 2.84. The van der Waals surface area contributed by atoms with E-state index < -0.39 is 10.0 Å². The third kappa shape index (κ3) is 5.11. The molecule has 7 heteroatoms. The number of anilines is 2. The van der Waals surface area contributed by atoms with Crippen molar-refractivity contribution in [1.82, 2.24) is 4.72 Å². The summed E-state index contributed by atoms with van der Waals surface area (Å²) in [6.07, 6.45) is 3.71. The molecule has 2 aromatic carbocycles. The van der Waals surface area contributed by atoms with Gasteiger partial charge in [0.05, 0.1) is 4.90 Å². The average Bonchev–Trinajstić information content (AvgIpc) is 2.68. The van der Waals surface area contributed by atoms with Crippen LogP contribution < -0.4 is 14.9 Å². The summed E-state index contributed by atoms with van der Waals surface area (Å²) < 4.78 is 27.2. The molecule has 150 valence electrons. The van der Waals surface area contributed by atoms with Crippen molar-refractivity contribution in [2.24, 2.45) is 0 Å². The molecule has 0 atom stereocenters. The molecule has 1 heterocycles. The Bertz CT molecular complexity index is 918. The maximum absolute atomic E-state index is 12.6. The lowest BCUT2D eigenvalue weighted by atomic mass is 10.1. The summed E-state index contributed by atoms with van der Waals surface area (Å²) in [6, 6.07) is 13.6. The zero-order chi connectivity index (χ0) is 20.1. The van der Waals surface area contributed by atoms with E-state index in [-0.39, 0.29) is 16.8 Å². The first kappa shape index (κ1) is 20.4. The van der Waals surface area contributed by atoms with E-state index in [0.29, 0.717) is 11.3 Å². The summed E-state index contributed by atoms with van der Waals surface area (Å²) in [5.74, 6) is -0.340. The maximum Gasteiger partial charge on any atom is 0.255 e.